The van der Waals surface area contributed by atoms with Gasteiger partial charge in [-0.3, -0.25) is 0 Å². The Hall–Kier alpha value is -1.25. The third kappa shape index (κ3) is 4.36. The summed E-state index contributed by atoms with van der Waals surface area (Å²) in [5.41, 5.74) is 8.84. The number of hydrogen-bond acceptors (Lipinski definition) is 2. The van der Waals surface area contributed by atoms with Crippen LogP contribution in [0.5, 0.6) is 0 Å². The summed E-state index contributed by atoms with van der Waals surface area (Å²) in [6, 6.07) is 17.6. The second-order valence-electron chi connectivity index (χ2n) is 6.46. The molecule has 1 atom stereocenters. The molecule has 0 radical (unpaired) electrons. The van der Waals surface area contributed by atoms with Crippen molar-refractivity contribution in [2.45, 2.75) is 55.4 Å². The number of benzene rings is 2. The van der Waals surface area contributed by atoms with E-state index in [1.807, 2.05) is 0 Å². The van der Waals surface area contributed by atoms with Crippen molar-refractivity contribution in [2.75, 3.05) is 0 Å². The van der Waals surface area contributed by atoms with Crippen LogP contribution in [0.3, 0.4) is 0 Å². The third-order valence-electron chi connectivity index (χ3n) is 3.70. The van der Waals surface area contributed by atoms with Crippen molar-refractivity contribution >= 4 is 11.8 Å². The maximum Gasteiger partial charge on any atom is 0.0292 e. The number of nitrogens with two attached hydrogens (primary N) is 1. The fourth-order valence-corrected chi connectivity index (χ4v) is 2.99. The zero-order chi connectivity index (χ0) is 15.5. The van der Waals surface area contributed by atoms with Gasteiger partial charge in [-0.05, 0) is 47.2 Å². The standard InChI is InChI=1S/C19H25NS/c1-5-18(20)14-6-10-16(11-7-14)21-17-12-8-15(9-13-17)19(2,3)4/h6-13,18H,5,20H2,1-4H3. The maximum atomic E-state index is 6.05. The van der Waals surface area contributed by atoms with E-state index in [2.05, 4.69) is 76.2 Å². The molecule has 0 heterocycles. The smallest absolute Gasteiger partial charge is 0.0292 e. The Bertz CT molecular complexity index is 564. The van der Waals surface area contributed by atoms with Crippen LogP contribution in [-0.4, -0.2) is 0 Å². The van der Waals surface area contributed by atoms with E-state index in [0.29, 0.717) is 0 Å². The summed E-state index contributed by atoms with van der Waals surface area (Å²) in [5, 5.41) is 0. The molecule has 2 heteroatoms. The van der Waals surface area contributed by atoms with Gasteiger partial charge in [0, 0.05) is 15.8 Å². The molecule has 2 rings (SSSR count). The minimum absolute atomic E-state index is 0.148. The van der Waals surface area contributed by atoms with Crippen molar-refractivity contribution in [3.8, 4) is 0 Å². The molecule has 2 aromatic rings. The van der Waals surface area contributed by atoms with Crippen LogP contribution in [0.4, 0.5) is 0 Å². The molecule has 1 nitrogen and oxygen atoms in total. The van der Waals surface area contributed by atoms with Crippen molar-refractivity contribution < 1.29 is 0 Å². The predicted molar refractivity (Wildman–Crippen MR) is 92.9 cm³/mol. The summed E-state index contributed by atoms with van der Waals surface area (Å²) in [7, 11) is 0. The lowest BCUT2D eigenvalue weighted by Crippen LogP contribution is -2.10. The van der Waals surface area contributed by atoms with Crippen LogP contribution in [-0.2, 0) is 5.41 Å². The van der Waals surface area contributed by atoms with Crippen molar-refractivity contribution in [1.82, 2.24) is 0 Å². The first-order chi connectivity index (χ1) is 9.90. The molecular weight excluding hydrogens is 274 g/mol. The largest absolute Gasteiger partial charge is 0.324 e. The molecule has 2 aromatic carbocycles. The summed E-state index contributed by atoms with van der Waals surface area (Å²) in [4.78, 5) is 2.53. The van der Waals surface area contributed by atoms with E-state index >= 15 is 0 Å². The number of hydrogen-bond donors (Lipinski definition) is 1. The van der Waals surface area contributed by atoms with E-state index in [9.17, 15) is 0 Å². The lowest BCUT2D eigenvalue weighted by atomic mass is 9.87. The SMILES string of the molecule is CCC(N)c1ccc(Sc2ccc(C(C)(C)C)cc2)cc1. The van der Waals surface area contributed by atoms with Crippen LogP contribution < -0.4 is 5.73 Å². The molecule has 112 valence electrons. The van der Waals surface area contributed by atoms with Gasteiger partial charge in [0.05, 0.1) is 0 Å². The molecule has 0 bridgehead atoms. The van der Waals surface area contributed by atoms with Gasteiger partial charge >= 0.3 is 0 Å². The van der Waals surface area contributed by atoms with Gasteiger partial charge in [-0.15, -0.1) is 0 Å². The van der Waals surface area contributed by atoms with Gasteiger partial charge < -0.3 is 5.73 Å². The summed E-state index contributed by atoms with van der Waals surface area (Å²) in [6.45, 7) is 8.84. The lowest BCUT2D eigenvalue weighted by molar-refractivity contribution is 0.590. The molecule has 0 spiro atoms. The van der Waals surface area contributed by atoms with Crippen LogP contribution in [0.25, 0.3) is 0 Å². The Balaban J connectivity index is 2.08. The van der Waals surface area contributed by atoms with Crippen molar-refractivity contribution in [2.24, 2.45) is 5.73 Å². The summed E-state index contributed by atoms with van der Waals surface area (Å²) < 4.78 is 0. The molecule has 2 N–H and O–H groups in total. The topological polar surface area (TPSA) is 26.0 Å². The zero-order valence-corrected chi connectivity index (χ0v) is 14.2. The molecule has 0 aliphatic carbocycles. The second kappa shape index (κ2) is 6.67. The van der Waals surface area contributed by atoms with Gasteiger partial charge in [0.1, 0.15) is 0 Å². The van der Waals surface area contributed by atoms with E-state index < -0.39 is 0 Å². The minimum Gasteiger partial charge on any atom is -0.324 e. The molecular formula is C19H25NS. The van der Waals surface area contributed by atoms with Crippen LogP contribution in [0.1, 0.15) is 51.3 Å². The highest BCUT2D eigenvalue weighted by atomic mass is 32.2. The Labute approximate surface area is 133 Å². The monoisotopic (exact) mass is 299 g/mol. The first-order valence-corrected chi connectivity index (χ1v) is 8.35. The normalized spacial score (nSPS) is 13.2. The molecule has 21 heavy (non-hydrogen) atoms. The quantitative estimate of drug-likeness (QED) is 0.801. The highest BCUT2D eigenvalue weighted by molar-refractivity contribution is 7.99. The molecule has 0 saturated carbocycles. The number of rotatable bonds is 4. The average Bonchev–Trinajstić information content (AvgIpc) is 2.47. The Kier molecular flexibility index (Phi) is 5.13. The van der Waals surface area contributed by atoms with Gasteiger partial charge in [0.25, 0.3) is 0 Å². The highest BCUT2D eigenvalue weighted by Gasteiger charge is 2.13. The fraction of sp³-hybridized carbons (Fsp3) is 0.368. The Morgan fingerprint density at radius 3 is 1.81 bits per heavy atom. The van der Waals surface area contributed by atoms with Gasteiger partial charge in [-0.2, -0.15) is 0 Å². The predicted octanol–water partition coefficient (Wildman–Crippen LogP) is 5.55. The average molecular weight is 299 g/mol. The molecule has 0 aliphatic rings. The van der Waals surface area contributed by atoms with Crippen LogP contribution in [0, 0.1) is 0 Å². The Morgan fingerprint density at radius 1 is 0.905 bits per heavy atom. The fourth-order valence-electron chi connectivity index (χ4n) is 2.18. The first-order valence-electron chi connectivity index (χ1n) is 7.54. The maximum absolute atomic E-state index is 6.05. The van der Waals surface area contributed by atoms with Gasteiger partial charge in [0.2, 0.25) is 0 Å². The molecule has 1 unspecified atom stereocenters. The van der Waals surface area contributed by atoms with Crippen molar-refractivity contribution in [3.63, 3.8) is 0 Å². The van der Waals surface area contributed by atoms with Crippen molar-refractivity contribution in [3.05, 3.63) is 59.7 Å². The highest BCUT2D eigenvalue weighted by Crippen LogP contribution is 2.31. The van der Waals surface area contributed by atoms with E-state index in [4.69, 9.17) is 5.73 Å². The van der Waals surface area contributed by atoms with Gasteiger partial charge in [-0.1, -0.05) is 63.7 Å². The van der Waals surface area contributed by atoms with Crippen LogP contribution in [0.2, 0.25) is 0 Å². The zero-order valence-electron chi connectivity index (χ0n) is 13.4. The summed E-state index contributed by atoms with van der Waals surface area (Å²) in [5.74, 6) is 0. The molecule has 0 fully saturated rings. The third-order valence-corrected chi connectivity index (χ3v) is 4.72. The van der Waals surface area contributed by atoms with E-state index in [1.54, 1.807) is 11.8 Å². The Morgan fingerprint density at radius 2 is 1.38 bits per heavy atom. The summed E-state index contributed by atoms with van der Waals surface area (Å²) in [6.07, 6.45) is 0.973. The van der Waals surface area contributed by atoms with E-state index in [1.165, 1.54) is 20.9 Å². The second-order valence-corrected chi connectivity index (χ2v) is 7.61. The van der Waals surface area contributed by atoms with Crippen molar-refractivity contribution in [1.29, 1.82) is 0 Å². The van der Waals surface area contributed by atoms with E-state index in [-0.39, 0.29) is 11.5 Å². The van der Waals surface area contributed by atoms with Gasteiger partial charge in [0.15, 0.2) is 0 Å². The molecule has 0 saturated heterocycles. The van der Waals surface area contributed by atoms with Gasteiger partial charge in [-0.25, -0.2) is 0 Å². The minimum atomic E-state index is 0.148. The summed E-state index contributed by atoms with van der Waals surface area (Å²) >= 11 is 1.79. The van der Waals surface area contributed by atoms with E-state index in [0.717, 1.165) is 6.42 Å². The molecule has 0 aromatic heterocycles. The lowest BCUT2D eigenvalue weighted by Gasteiger charge is -2.19. The van der Waals surface area contributed by atoms with Crippen LogP contribution >= 0.6 is 11.8 Å². The first kappa shape index (κ1) is 16.1. The molecule has 0 amide bonds. The van der Waals surface area contributed by atoms with Crippen LogP contribution in [0.15, 0.2) is 58.3 Å². The molecule has 0 aliphatic heterocycles.